The maximum atomic E-state index is 13.5. The second-order valence-corrected chi connectivity index (χ2v) is 12.2. The van der Waals surface area contributed by atoms with E-state index in [0.29, 0.717) is 30.1 Å². The van der Waals surface area contributed by atoms with Gasteiger partial charge in [0.25, 0.3) is 0 Å². The number of fused-ring (bicyclic) bond motifs is 1. The van der Waals surface area contributed by atoms with Crippen LogP contribution in [0, 0.1) is 17.3 Å². The highest BCUT2D eigenvalue weighted by atomic mass is 16.2. The molecule has 2 bridgehead atoms. The molecule has 0 radical (unpaired) electrons. The van der Waals surface area contributed by atoms with E-state index in [9.17, 15) is 9.59 Å². The minimum Gasteiger partial charge on any atom is -0.340 e. The third-order valence-electron chi connectivity index (χ3n) is 9.41. The van der Waals surface area contributed by atoms with Crippen molar-refractivity contribution in [2.45, 2.75) is 78.6 Å². The Labute approximate surface area is 225 Å². The van der Waals surface area contributed by atoms with Gasteiger partial charge in [-0.05, 0) is 42.1 Å². The maximum absolute atomic E-state index is 13.5. The summed E-state index contributed by atoms with van der Waals surface area (Å²) < 4.78 is 0. The number of allylic oxidation sites excluding steroid dienone is 1. The van der Waals surface area contributed by atoms with E-state index in [-0.39, 0.29) is 5.91 Å². The fourth-order valence-corrected chi connectivity index (χ4v) is 6.57. The topological polar surface area (TPSA) is 43.9 Å². The summed E-state index contributed by atoms with van der Waals surface area (Å²) in [6, 6.07) is 10.1. The highest BCUT2D eigenvalue weighted by Crippen LogP contribution is 2.59. The average molecular weight is 508 g/mol. The molecule has 2 amide bonds. The van der Waals surface area contributed by atoms with Crippen LogP contribution >= 0.6 is 0 Å². The van der Waals surface area contributed by atoms with E-state index in [1.807, 2.05) is 18.2 Å². The van der Waals surface area contributed by atoms with Gasteiger partial charge in [0.1, 0.15) is 0 Å². The summed E-state index contributed by atoms with van der Waals surface area (Å²) in [5.41, 5.74) is 2.93. The molecule has 37 heavy (non-hydrogen) atoms. The van der Waals surface area contributed by atoms with Gasteiger partial charge in [-0.3, -0.25) is 14.5 Å². The monoisotopic (exact) mass is 507 g/mol. The second kappa shape index (κ2) is 13.1. The lowest BCUT2D eigenvalue weighted by atomic mass is 9.49. The molecule has 3 aliphatic carbocycles. The fourth-order valence-electron chi connectivity index (χ4n) is 6.57. The first kappa shape index (κ1) is 27.9. The zero-order chi connectivity index (χ0) is 26.3. The van der Waals surface area contributed by atoms with Crippen molar-refractivity contribution in [1.82, 2.24) is 14.7 Å². The Balaban J connectivity index is 1.28. The van der Waals surface area contributed by atoms with Gasteiger partial charge in [0.05, 0.1) is 6.42 Å². The van der Waals surface area contributed by atoms with E-state index in [1.54, 1.807) is 0 Å². The first-order valence-corrected chi connectivity index (χ1v) is 14.9. The van der Waals surface area contributed by atoms with Crippen LogP contribution in [-0.2, 0) is 16.0 Å². The average Bonchev–Trinajstić information content (AvgIpc) is 2.91. The van der Waals surface area contributed by atoms with Crippen LogP contribution in [0.25, 0.3) is 0 Å². The lowest BCUT2D eigenvalue weighted by molar-refractivity contribution is -0.133. The Kier molecular flexibility index (Phi) is 9.86. The maximum Gasteiger partial charge on any atom is 0.227 e. The predicted octanol–water partition coefficient (Wildman–Crippen LogP) is 5.55. The summed E-state index contributed by atoms with van der Waals surface area (Å²) in [6.45, 7) is 12.9. The highest BCUT2D eigenvalue weighted by molar-refractivity contribution is 5.79. The third kappa shape index (κ3) is 7.25. The van der Waals surface area contributed by atoms with Crippen molar-refractivity contribution in [2.75, 3.05) is 45.8 Å². The molecule has 2 unspecified atom stereocenters. The van der Waals surface area contributed by atoms with Gasteiger partial charge >= 0.3 is 0 Å². The summed E-state index contributed by atoms with van der Waals surface area (Å²) in [5, 5.41) is 0. The van der Waals surface area contributed by atoms with Gasteiger partial charge in [0.2, 0.25) is 11.8 Å². The molecule has 1 aromatic rings. The Morgan fingerprint density at radius 1 is 1.00 bits per heavy atom. The molecule has 2 fully saturated rings. The Hall–Kier alpha value is -2.14. The Bertz CT molecular complexity index is 917. The molecule has 1 saturated heterocycles. The Morgan fingerprint density at radius 2 is 1.73 bits per heavy atom. The van der Waals surface area contributed by atoms with Crippen LogP contribution in [0.3, 0.4) is 0 Å². The highest BCUT2D eigenvalue weighted by Gasteiger charge is 2.51. The van der Waals surface area contributed by atoms with Crippen molar-refractivity contribution in [3.8, 4) is 0 Å². The number of hydrogen-bond acceptors (Lipinski definition) is 3. The fraction of sp³-hybridized carbons (Fsp3) is 0.688. The van der Waals surface area contributed by atoms with Gasteiger partial charge in [0, 0.05) is 52.2 Å². The van der Waals surface area contributed by atoms with Gasteiger partial charge in [-0.15, -0.1) is 0 Å². The summed E-state index contributed by atoms with van der Waals surface area (Å²) in [7, 11) is 0. The van der Waals surface area contributed by atoms with E-state index in [2.05, 4.69) is 53.7 Å². The lowest BCUT2D eigenvalue weighted by Gasteiger charge is -2.57. The predicted molar refractivity (Wildman–Crippen MR) is 151 cm³/mol. The second-order valence-electron chi connectivity index (χ2n) is 12.2. The van der Waals surface area contributed by atoms with Gasteiger partial charge < -0.3 is 9.80 Å². The van der Waals surface area contributed by atoms with E-state index < -0.39 is 0 Å². The summed E-state index contributed by atoms with van der Waals surface area (Å²) in [5.74, 6) is 1.98. The molecular weight excluding hydrogens is 458 g/mol. The summed E-state index contributed by atoms with van der Waals surface area (Å²) >= 11 is 0. The van der Waals surface area contributed by atoms with E-state index >= 15 is 0 Å². The van der Waals surface area contributed by atoms with Gasteiger partial charge in [-0.2, -0.15) is 0 Å². The molecule has 1 heterocycles. The van der Waals surface area contributed by atoms with Crippen molar-refractivity contribution in [1.29, 1.82) is 0 Å². The molecule has 0 N–H and O–H groups in total. The van der Waals surface area contributed by atoms with E-state index in [1.165, 1.54) is 37.7 Å². The number of piperazine rings is 1. The standard InChI is InChI=1S/C32H49N3O2/c1-4-5-6-7-11-14-30(36)34-20-17-33(18-21-34)19-22-35(31(37)23-26-12-9-8-10-13-26)25-27-15-16-28-24-29(27)32(28,2)3/h8-10,12-13,15,28-29H,4-7,11,14,16-25H2,1-3H3. The molecule has 2 atom stereocenters. The number of unbranched alkanes of at least 4 members (excludes halogenated alkanes) is 4. The van der Waals surface area contributed by atoms with Crippen molar-refractivity contribution in [2.24, 2.45) is 17.3 Å². The zero-order valence-corrected chi connectivity index (χ0v) is 23.6. The largest absolute Gasteiger partial charge is 0.340 e. The molecule has 1 saturated carbocycles. The molecule has 1 aliphatic heterocycles. The van der Waals surface area contributed by atoms with Gasteiger partial charge in [-0.25, -0.2) is 0 Å². The van der Waals surface area contributed by atoms with Crippen LogP contribution in [0.15, 0.2) is 42.0 Å². The van der Waals surface area contributed by atoms with Crippen molar-refractivity contribution in [3.63, 3.8) is 0 Å². The number of benzene rings is 1. The molecule has 5 rings (SSSR count). The molecule has 1 aromatic carbocycles. The van der Waals surface area contributed by atoms with E-state index in [0.717, 1.165) is 70.1 Å². The van der Waals surface area contributed by atoms with Gasteiger partial charge in [-0.1, -0.05) is 88.4 Å². The Morgan fingerprint density at radius 3 is 2.41 bits per heavy atom. The number of rotatable bonds is 13. The number of carbonyl (C=O) groups is 2. The van der Waals surface area contributed by atoms with Crippen LogP contribution in [-0.4, -0.2) is 72.3 Å². The van der Waals surface area contributed by atoms with Crippen molar-refractivity contribution in [3.05, 3.63) is 47.5 Å². The first-order chi connectivity index (χ1) is 17.9. The molecular formula is C32H49N3O2. The molecule has 4 aliphatic rings. The molecule has 5 heteroatoms. The first-order valence-electron chi connectivity index (χ1n) is 14.9. The van der Waals surface area contributed by atoms with Crippen LogP contribution < -0.4 is 0 Å². The van der Waals surface area contributed by atoms with Crippen molar-refractivity contribution < 1.29 is 9.59 Å². The van der Waals surface area contributed by atoms with Crippen LogP contribution in [0.1, 0.15) is 77.7 Å². The minimum absolute atomic E-state index is 0.225. The van der Waals surface area contributed by atoms with Crippen molar-refractivity contribution >= 4 is 11.8 Å². The smallest absolute Gasteiger partial charge is 0.227 e. The summed E-state index contributed by atoms with van der Waals surface area (Å²) in [4.78, 5) is 32.7. The molecule has 5 nitrogen and oxygen atoms in total. The number of hydrogen-bond donors (Lipinski definition) is 0. The number of amides is 2. The van der Waals surface area contributed by atoms with Gasteiger partial charge in [0.15, 0.2) is 0 Å². The molecule has 0 aromatic heterocycles. The lowest BCUT2D eigenvalue weighted by Crippen LogP contribution is -2.52. The normalized spacial score (nSPS) is 22.8. The number of nitrogens with zero attached hydrogens (tertiary/aromatic N) is 3. The molecule has 0 spiro atoms. The van der Waals surface area contributed by atoms with Crippen LogP contribution in [0.2, 0.25) is 0 Å². The summed E-state index contributed by atoms with van der Waals surface area (Å²) in [6.07, 6.45) is 12.0. The quantitative estimate of drug-likeness (QED) is 0.260. The van der Waals surface area contributed by atoms with Crippen LogP contribution in [0.4, 0.5) is 0 Å². The number of carbonyl (C=O) groups excluding carboxylic acids is 2. The SMILES string of the molecule is CCCCCCCC(=O)N1CCN(CCN(CC2=CCC3CC2C3(C)C)C(=O)Cc2ccccc2)CC1. The van der Waals surface area contributed by atoms with Crippen LogP contribution in [0.5, 0.6) is 0 Å². The minimum atomic E-state index is 0.225. The zero-order valence-electron chi connectivity index (χ0n) is 23.6. The third-order valence-corrected chi connectivity index (χ3v) is 9.41. The molecule has 204 valence electrons. The van der Waals surface area contributed by atoms with E-state index in [4.69, 9.17) is 0 Å².